The van der Waals surface area contributed by atoms with Crippen LogP contribution in [-0.2, 0) is 4.79 Å². The molecule has 1 amide bonds. The maximum Gasteiger partial charge on any atom is 0.225 e. The normalized spacial score (nSPS) is 11.7. The molecule has 0 aromatic heterocycles. The topological polar surface area (TPSA) is 88.7 Å². The van der Waals surface area contributed by atoms with Gasteiger partial charge in [0.05, 0.1) is 6.54 Å². The Balaban J connectivity index is 1.85. The van der Waals surface area contributed by atoms with Gasteiger partial charge in [-0.2, -0.15) is 0 Å². The van der Waals surface area contributed by atoms with Crippen LogP contribution in [0, 0.1) is 5.41 Å². The third kappa shape index (κ3) is 6.47. The minimum atomic E-state index is -0.410. The molecule has 6 nitrogen and oxygen atoms in total. The summed E-state index contributed by atoms with van der Waals surface area (Å²) in [6.45, 7) is 6.45. The summed E-state index contributed by atoms with van der Waals surface area (Å²) in [5, 5.41) is 5.85. The van der Waals surface area contributed by atoms with Crippen LogP contribution in [0.3, 0.4) is 0 Å². The van der Waals surface area contributed by atoms with Gasteiger partial charge in [-0.15, -0.1) is 0 Å². The van der Waals surface area contributed by atoms with Gasteiger partial charge in [-0.3, -0.25) is 9.79 Å². The van der Waals surface area contributed by atoms with Gasteiger partial charge in [0, 0.05) is 23.7 Å². The third-order valence-electron chi connectivity index (χ3n) is 3.45. The minimum absolute atomic E-state index is 0.00927. The number of para-hydroxylation sites is 1. The lowest BCUT2D eigenvalue weighted by molar-refractivity contribution is -0.128. The number of rotatable bonds is 6. The summed E-state index contributed by atoms with van der Waals surface area (Å²) >= 11 is 0. The van der Waals surface area contributed by atoms with E-state index in [1.54, 1.807) is 0 Å². The summed E-state index contributed by atoms with van der Waals surface area (Å²) in [4.78, 5) is 16.0. The number of ether oxygens (including phenoxy) is 1. The second kappa shape index (κ2) is 8.89. The molecule has 6 heteroatoms. The van der Waals surface area contributed by atoms with E-state index in [0.29, 0.717) is 18.8 Å². The summed E-state index contributed by atoms with van der Waals surface area (Å²) < 4.78 is 5.79. The van der Waals surface area contributed by atoms with Gasteiger partial charge >= 0.3 is 0 Å². The molecule has 26 heavy (non-hydrogen) atoms. The lowest BCUT2D eigenvalue weighted by atomic mass is 9.96. The highest BCUT2D eigenvalue weighted by atomic mass is 16.5. The van der Waals surface area contributed by atoms with E-state index >= 15 is 0 Å². The van der Waals surface area contributed by atoms with Crippen molar-refractivity contribution < 1.29 is 9.53 Å². The molecule has 2 rings (SSSR count). The Morgan fingerprint density at radius 1 is 1.08 bits per heavy atom. The van der Waals surface area contributed by atoms with E-state index in [2.05, 4.69) is 15.6 Å². The van der Waals surface area contributed by atoms with Crippen molar-refractivity contribution in [2.24, 2.45) is 16.1 Å². The lowest BCUT2D eigenvalue weighted by Gasteiger charge is -2.17. The number of nitrogens with one attached hydrogen (secondary N) is 2. The number of amides is 1. The number of anilines is 1. The molecule has 0 heterocycles. The summed E-state index contributed by atoms with van der Waals surface area (Å²) in [5.41, 5.74) is 6.26. The predicted octanol–water partition coefficient (Wildman–Crippen LogP) is 3.37. The van der Waals surface area contributed by atoms with Gasteiger partial charge in [0.1, 0.15) is 11.5 Å². The van der Waals surface area contributed by atoms with Crippen LogP contribution in [0.1, 0.15) is 20.8 Å². The maximum atomic E-state index is 11.8. The van der Waals surface area contributed by atoms with E-state index < -0.39 is 5.41 Å². The largest absolute Gasteiger partial charge is 0.457 e. The molecule has 0 spiro atoms. The summed E-state index contributed by atoms with van der Waals surface area (Å²) in [5.74, 6) is 1.74. The van der Waals surface area contributed by atoms with E-state index in [0.717, 1.165) is 11.4 Å². The number of benzene rings is 2. The molecule has 0 unspecified atom stereocenters. The zero-order valence-corrected chi connectivity index (χ0v) is 15.5. The number of guanidine groups is 1. The van der Waals surface area contributed by atoms with E-state index in [1.165, 1.54) is 0 Å². The Kier molecular flexibility index (Phi) is 6.60. The van der Waals surface area contributed by atoms with Gasteiger partial charge in [0.15, 0.2) is 5.96 Å². The average molecular weight is 354 g/mol. The highest BCUT2D eigenvalue weighted by Gasteiger charge is 2.20. The monoisotopic (exact) mass is 354 g/mol. The first kappa shape index (κ1) is 19.3. The number of carbonyl (C=O) groups is 1. The van der Waals surface area contributed by atoms with Crippen molar-refractivity contribution in [3.8, 4) is 11.5 Å². The standard InChI is InChI=1S/C20H26N4O2/c1-20(2,3)18(25)22-12-13-23-19(21)24-15-8-7-11-17(14-15)26-16-9-5-4-6-10-16/h4-11,14H,12-13H2,1-3H3,(H,22,25)(H3,21,23,24). The predicted molar refractivity (Wildman–Crippen MR) is 106 cm³/mol. The van der Waals surface area contributed by atoms with Crippen molar-refractivity contribution >= 4 is 17.6 Å². The van der Waals surface area contributed by atoms with Crippen LogP contribution in [0.5, 0.6) is 11.5 Å². The molecule has 4 N–H and O–H groups in total. The zero-order valence-electron chi connectivity index (χ0n) is 15.5. The molecule has 0 aliphatic carbocycles. The molecule has 138 valence electrons. The van der Waals surface area contributed by atoms with E-state index in [9.17, 15) is 4.79 Å². The Labute approximate surface area is 154 Å². The fraction of sp³-hybridized carbons (Fsp3) is 0.300. The quantitative estimate of drug-likeness (QED) is 0.421. The molecular weight excluding hydrogens is 328 g/mol. The molecule has 2 aromatic rings. The Bertz CT molecular complexity index is 752. The van der Waals surface area contributed by atoms with Gasteiger partial charge < -0.3 is 21.1 Å². The number of nitrogens with zero attached hydrogens (tertiary/aromatic N) is 1. The Morgan fingerprint density at radius 2 is 1.77 bits per heavy atom. The molecule has 0 fully saturated rings. The number of carbonyl (C=O) groups excluding carboxylic acids is 1. The van der Waals surface area contributed by atoms with Crippen molar-refractivity contribution in [2.45, 2.75) is 20.8 Å². The van der Waals surface area contributed by atoms with Crippen LogP contribution < -0.4 is 21.1 Å². The molecule has 0 radical (unpaired) electrons. The molecule has 0 saturated carbocycles. The van der Waals surface area contributed by atoms with Gasteiger partial charge in [0.2, 0.25) is 5.91 Å². The second-order valence-corrected chi connectivity index (χ2v) is 6.84. The van der Waals surface area contributed by atoms with Crippen molar-refractivity contribution in [2.75, 3.05) is 18.4 Å². The molecule has 0 aliphatic heterocycles. The number of hydrogen-bond acceptors (Lipinski definition) is 3. The Hall–Kier alpha value is -3.02. The maximum absolute atomic E-state index is 11.8. The van der Waals surface area contributed by atoms with E-state index in [1.807, 2.05) is 75.4 Å². The first-order chi connectivity index (χ1) is 12.3. The molecule has 0 atom stereocenters. The second-order valence-electron chi connectivity index (χ2n) is 6.84. The first-order valence-electron chi connectivity index (χ1n) is 8.53. The SMILES string of the molecule is CC(C)(C)C(=O)NCCN=C(N)Nc1cccc(Oc2ccccc2)c1. The van der Waals surface area contributed by atoms with Crippen LogP contribution in [0.25, 0.3) is 0 Å². The average Bonchev–Trinajstić information content (AvgIpc) is 2.59. The van der Waals surface area contributed by atoms with Crippen molar-refractivity contribution in [1.29, 1.82) is 0 Å². The van der Waals surface area contributed by atoms with Crippen molar-refractivity contribution in [3.05, 3.63) is 54.6 Å². The zero-order chi connectivity index (χ0) is 19.0. The van der Waals surface area contributed by atoms with E-state index in [-0.39, 0.29) is 11.9 Å². The van der Waals surface area contributed by atoms with Crippen molar-refractivity contribution in [3.63, 3.8) is 0 Å². The van der Waals surface area contributed by atoms with Gasteiger partial charge in [-0.05, 0) is 24.3 Å². The van der Waals surface area contributed by atoms with Crippen LogP contribution in [0.4, 0.5) is 5.69 Å². The molecular formula is C20H26N4O2. The lowest BCUT2D eigenvalue weighted by Crippen LogP contribution is -2.36. The van der Waals surface area contributed by atoms with Crippen molar-refractivity contribution in [1.82, 2.24) is 5.32 Å². The summed E-state index contributed by atoms with van der Waals surface area (Å²) in [6, 6.07) is 17.0. The summed E-state index contributed by atoms with van der Waals surface area (Å²) in [6.07, 6.45) is 0. The smallest absolute Gasteiger partial charge is 0.225 e. The Morgan fingerprint density at radius 3 is 2.46 bits per heavy atom. The highest BCUT2D eigenvalue weighted by Crippen LogP contribution is 2.23. The van der Waals surface area contributed by atoms with Crippen LogP contribution >= 0.6 is 0 Å². The van der Waals surface area contributed by atoms with Crippen LogP contribution in [0.2, 0.25) is 0 Å². The molecule has 0 aliphatic rings. The molecule has 0 saturated heterocycles. The summed E-state index contributed by atoms with van der Waals surface area (Å²) in [7, 11) is 0. The minimum Gasteiger partial charge on any atom is -0.457 e. The van der Waals surface area contributed by atoms with Crippen LogP contribution in [0.15, 0.2) is 59.6 Å². The van der Waals surface area contributed by atoms with Gasteiger partial charge in [0.25, 0.3) is 0 Å². The number of aliphatic imine (C=N–C) groups is 1. The third-order valence-corrected chi connectivity index (χ3v) is 3.45. The van der Waals surface area contributed by atoms with Crippen LogP contribution in [-0.4, -0.2) is 25.0 Å². The first-order valence-corrected chi connectivity index (χ1v) is 8.53. The number of nitrogens with two attached hydrogens (primary N) is 1. The number of hydrogen-bond donors (Lipinski definition) is 3. The van der Waals surface area contributed by atoms with E-state index in [4.69, 9.17) is 10.5 Å². The molecule has 2 aromatic carbocycles. The van der Waals surface area contributed by atoms with Gasteiger partial charge in [-0.1, -0.05) is 45.0 Å². The highest BCUT2D eigenvalue weighted by molar-refractivity contribution is 5.92. The van der Waals surface area contributed by atoms with Gasteiger partial charge in [-0.25, -0.2) is 0 Å². The fourth-order valence-electron chi connectivity index (χ4n) is 2.06. The fourth-order valence-corrected chi connectivity index (χ4v) is 2.06. The molecule has 0 bridgehead atoms.